The molecule has 0 bridgehead atoms. The third-order valence-corrected chi connectivity index (χ3v) is 4.65. The predicted octanol–water partition coefficient (Wildman–Crippen LogP) is 2.41. The van der Waals surface area contributed by atoms with E-state index in [4.69, 9.17) is 0 Å². The number of guanidine groups is 1. The molecule has 1 aromatic carbocycles. The number of nitrogens with one attached hydrogen (secondary N) is 2. The summed E-state index contributed by atoms with van der Waals surface area (Å²) in [5, 5.41) is 16.3. The Kier molecular flexibility index (Phi) is 7.35. The molecule has 0 aliphatic carbocycles. The number of aromatic nitrogens is 3. The summed E-state index contributed by atoms with van der Waals surface area (Å²) in [5.74, 6) is 2.47. The molecule has 7 nitrogen and oxygen atoms in total. The fourth-order valence-corrected chi connectivity index (χ4v) is 3.02. The van der Waals surface area contributed by atoms with Crippen molar-refractivity contribution in [2.75, 3.05) is 19.7 Å². The first-order valence-electron chi connectivity index (χ1n) is 9.84. The highest BCUT2D eigenvalue weighted by Gasteiger charge is 2.11. The van der Waals surface area contributed by atoms with Gasteiger partial charge in [-0.1, -0.05) is 36.4 Å². The summed E-state index contributed by atoms with van der Waals surface area (Å²) in [4.78, 5) is 13.4. The molecule has 3 N–H and O–H groups in total. The molecule has 0 saturated heterocycles. The number of nitrogens with zero attached hydrogens (tertiary/aromatic N) is 4. The van der Waals surface area contributed by atoms with Gasteiger partial charge in [-0.15, -0.1) is 0 Å². The van der Waals surface area contributed by atoms with Crippen molar-refractivity contribution in [1.82, 2.24) is 25.2 Å². The second-order valence-corrected chi connectivity index (χ2v) is 6.74. The molecule has 0 fully saturated rings. The lowest BCUT2D eigenvalue weighted by atomic mass is 10.0. The van der Waals surface area contributed by atoms with Gasteiger partial charge in [0, 0.05) is 37.6 Å². The highest BCUT2D eigenvalue weighted by Crippen LogP contribution is 2.13. The highest BCUT2D eigenvalue weighted by atomic mass is 16.3. The van der Waals surface area contributed by atoms with Gasteiger partial charge < -0.3 is 15.7 Å². The molecule has 2 heterocycles. The van der Waals surface area contributed by atoms with Crippen LogP contribution in [0, 0.1) is 6.92 Å². The molecule has 0 saturated carbocycles. The van der Waals surface area contributed by atoms with E-state index in [-0.39, 0.29) is 12.5 Å². The van der Waals surface area contributed by atoms with Crippen molar-refractivity contribution in [2.45, 2.75) is 26.3 Å². The van der Waals surface area contributed by atoms with Gasteiger partial charge in [-0.2, -0.15) is 0 Å². The number of aliphatic hydroxyl groups excluding tert-OH is 1. The standard InChI is InChI=1S/C22H28N6O/c1-3-23-22(27-15-20(16-29)19-7-5-4-6-8-19)26-14-18-9-10-21(25-13-18)28-12-11-24-17(28)2/h4-13,20,29H,3,14-16H2,1-2H3,(H2,23,26,27). The molecule has 0 radical (unpaired) electrons. The van der Waals surface area contributed by atoms with Crippen LogP contribution in [-0.4, -0.2) is 45.3 Å². The Labute approximate surface area is 171 Å². The van der Waals surface area contributed by atoms with E-state index < -0.39 is 0 Å². The zero-order valence-electron chi connectivity index (χ0n) is 16.9. The van der Waals surface area contributed by atoms with Crippen LogP contribution in [0.15, 0.2) is 66.0 Å². The molecule has 3 rings (SSSR count). The summed E-state index contributed by atoms with van der Waals surface area (Å²) >= 11 is 0. The first-order chi connectivity index (χ1) is 14.2. The average Bonchev–Trinajstić information content (AvgIpc) is 3.19. The maximum atomic E-state index is 9.74. The molecule has 29 heavy (non-hydrogen) atoms. The van der Waals surface area contributed by atoms with Gasteiger partial charge in [-0.05, 0) is 31.0 Å². The van der Waals surface area contributed by atoms with Crippen LogP contribution in [0.1, 0.15) is 29.8 Å². The molecule has 0 aliphatic heterocycles. The zero-order chi connectivity index (χ0) is 20.5. The first-order valence-corrected chi connectivity index (χ1v) is 9.84. The van der Waals surface area contributed by atoms with Crippen molar-refractivity contribution in [3.8, 4) is 5.82 Å². The minimum atomic E-state index is 0.0134. The van der Waals surface area contributed by atoms with Crippen molar-refractivity contribution in [3.05, 3.63) is 78.0 Å². The van der Waals surface area contributed by atoms with Crippen molar-refractivity contribution in [3.63, 3.8) is 0 Å². The Morgan fingerprint density at radius 1 is 1.14 bits per heavy atom. The number of benzene rings is 1. The predicted molar refractivity (Wildman–Crippen MR) is 115 cm³/mol. The van der Waals surface area contributed by atoms with Crippen molar-refractivity contribution in [1.29, 1.82) is 0 Å². The van der Waals surface area contributed by atoms with Crippen LogP contribution in [0.3, 0.4) is 0 Å². The molecule has 1 unspecified atom stereocenters. The number of hydrogen-bond donors (Lipinski definition) is 3. The van der Waals surface area contributed by atoms with Gasteiger partial charge in [0.1, 0.15) is 11.6 Å². The fraction of sp³-hybridized carbons (Fsp3) is 0.318. The molecule has 0 amide bonds. The summed E-state index contributed by atoms with van der Waals surface area (Å²) in [6, 6.07) is 14.0. The lowest BCUT2D eigenvalue weighted by Crippen LogP contribution is -2.39. The van der Waals surface area contributed by atoms with Gasteiger partial charge in [0.2, 0.25) is 0 Å². The van der Waals surface area contributed by atoms with Crippen LogP contribution >= 0.6 is 0 Å². The van der Waals surface area contributed by atoms with Crippen molar-refractivity contribution < 1.29 is 5.11 Å². The van der Waals surface area contributed by atoms with Crippen LogP contribution < -0.4 is 10.6 Å². The number of hydrogen-bond acceptors (Lipinski definition) is 4. The van der Waals surface area contributed by atoms with Gasteiger partial charge >= 0.3 is 0 Å². The molecule has 0 spiro atoms. The van der Waals surface area contributed by atoms with E-state index in [1.54, 1.807) is 6.20 Å². The second-order valence-electron chi connectivity index (χ2n) is 6.74. The smallest absolute Gasteiger partial charge is 0.191 e. The van der Waals surface area contributed by atoms with Gasteiger partial charge in [0.25, 0.3) is 0 Å². The summed E-state index contributed by atoms with van der Waals surface area (Å²) in [6.45, 7) is 5.93. The van der Waals surface area contributed by atoms with Crippen LogP contribution in [-0.2, 0) is 6.54 Å². The number of aryl methyl sites for hydroxylation is 1. The maximum absolute atomic E-state index is 9.74. The molecule has 3 aromatic rings. The fourth-order valence-electron chi connectivity index (χ4n) is 3.02. The van der Waals surface area contributed by atoms with Crippen LogP contribution in [0.25, 0.3) is 5.82 Å². The molecule has 7 heteroatoms. The maximum Gasteiger partial charge on any atom is 0.191 e. The molecule has 0 aliphatic rings. The van der Waals surface area contributed by atoms with Crippen LogP contribution in [0.4, 0.5) is 0 Å². The minimum absolute atomic E-state index is 0.0134. The van der Waals surface area contributed by atoms with E-state index in [0.717, 1.165) is 35.3 Å². The van der Waals surface area contributed by atoms with Crippen LogP contribution in [0.5, 0.6) is 0 Å². The Morgan fingerprint density at radius 2 is 1.97 bits per heavy atom. The topological polar surface area (TPSA) is 87.4 Å². The number of pyridine rings is 1. The van der Waals surface area contributed by atoms with Crippen LogP contribution in [0.2, 0.25) is 0 Å². The lowest BCUT2D eigenvalue weighted by molar-refractivity contribution is 0.265. The van der Waals surface area contributed by atoms with Gasteiger partial charge in [0.05, 0.1) is 13.2 Å². The van der Waals surface area contributed by atoms with E-state index in [1.165, 1.54) is 0 Å². The molecule has 2 aromatic heterocycles. The van der Waals surface area contributed by atoms with E-state index in [0.29, 0.717) is 13.1 Å². The Bertz CT molecular complexity index is 905. The molecular formula is C22H28N6O. The molecule has 152 valence electrons. The van der Waals surface area contributed by atoms with E-state index in [1.807, 2.05) is 73.3 Å². The monoisotopic (exact) mass is 392 g/mol. The quantitative estimate of drug-likeness (QED) is 0.405. The Morgan fingerprint density at radius 3 is 2.59 bits per heavy atom. The number of imidazole rings is 1. The Balaban J connectivity index is 1.62. The van der Waals surface area contributed by atoms with E-state index in [9.17, 15) is 5.11 Å². The van der Waals surface area contributed by atoms with Gasteiger partial charge in [0.15, 0.2) is 5.96 Å². The zero-order valence-corrected chi connectivity index (χ0v) is 16.9. The van der Waals surface area contributed by atoms with Gasteiger partial charge in [-0.3, -0.25) is 4.57 Å². The first kappa shape index (κ1) is 20.5. The largest absolute Gasteiger partial charge is 0.396 e. The highest BCUT2D eigenvalue weighted by molar-refractivity contribution is 5.79. The third-order valence-electron chi connectivity index (χ3n) is 4.65. The minimum Gasteiger partial charge on any atom is -0.396 e. The Hall–Kier alpha value is -3.19. The van der Waals surface area contributed by atoms with Crippen molar-refractivity contribution >= 4 is 5.96 Å². The lowest BCUT2D eigenvalue weighted by Gasteiger charge is -2.18. The third kappa shape index (κ3) is 5.65. The normalized spacial score (nSPS) is 12.6. The summed E-state index contributed by atoms with van der Waals surface area (Å²) in [7, 11) is 0. The number of rotatable bonds is 8. The molecule has 1 atom stereocenters. The van der Waals surface area contributed by atoms with E-state index in [2.05, 4.69) is 25.6 Å². The SMILES string of the molecule is CCNC(=NCc1ccc(-n2ccnc2C)nc1)NCC(CO)c1ccccc1. The van der Waals surface area contributed by atoms with Gasteiger partial charge in [-0.25, -0.2) is 15.0 Å². The number of aliphatic imine (C=N–C) groups is 1. The van der Waals surface area contributed by atoms with E-state index >= 15 is 0 Å². The summed E-state index contributed by atoms with van der Waals surface area (Å²) < 4.78 is 1.94. The van der Waals surface area contributed by atoms with Crippen molar-refractivity contribution in [2.24, 2.45) is 4.99 Å². The summed E-state index contributed by atoms with van der Waals surface area (Å²) in [6.07, 6.45) is 5.49. The summed E-state index contributed by atoms with van der Waals surface area (Å²) in [5.41, 5.74) is 2.12. The number of aliphatic hydroxyl groups is 1. The second kappa shape index (κ2) is 10.4. The average molecular weight is 393 g/mol. The molecular weight excluding hydrogens is 364 g/mol.